The van der Waals surface area contributed by atoms with Crippen LogP contribution in [0.25, 0.3) is 0 Å². The number of nitrogens with zero attached hydrogens (tertiary/aromatic N) is 3. The number of primary amides is 1. The second kappa shape index (κ2) is 8.06. The van der Waals surface area contributed by atoms with Gasteiger partial charge in [0.25, 0.3) is 0 Å². The Labute approximate surface area is 137 Å². The summed E-state index contributed by atoms with van der Waals surface area (Å²) in [4.78, 5) is 16.3. The minimum atomic E-state index is -0.473. The number of carbonyl (C=O) groups excluding carboxylic acids is 1. The van der Waals surface area contributed by atoms with Crippen LogP contribution in [0.5, 0.6) is 0 Å². The maximum absolute atomic E-state index is 11.9. The Morgan fingerprint density at radius 2 is 1.83 bits per heavy atom. The zero-order chi connectivity index (χ0) is 16.8. The molecule has 3 N–H and O–H groups in total. The second-order valence-electron chi connectivity index (χ2n) is 5.86. The number of aliphatic hydroxyl groups is 1. The van der Waals surface area contributed by atoms with Crippen LogP contribution in [0, 0.1) is 11.3 Å². The fourth-order valence-corrected chi connectivity index (χ4v) is 3.16. The molecule has 124 valence electrons. The Balaban J connectivity index is 2.08. The van der Waals surface area contributed by atoms with Gasteiger partial charge in [-0.15, -0.1) is 0 Å². The number of aliphatic hydroxyl groups excluding tert-OH is 1. The first-order chi connectivity index (χ1) is 11.1. The fraction of sp³-hybridized carbons (Fsp3) is 0.529. The quantitative estimate of drug-likeness (QED) is 0.796. The maximum atomic E-state index is 11.9. The van der Waals surface area contributed by atoms with Crippen molar-refractivity contribution in [2.75, 3.05) is 32.8 Å². The molecule has 1 fully saturated rings. The van der Waals surface area contributed by atoms with Crippen LogP contribution in [-0.4, -0.2) is 59.6 Å². The highest BCUT2D eigenvalue weighted by Gasteiger charge is 2.30. The van der Waals surface area contributed by atoms with Gasteiger partial charge in [0.2, 0.25) is 5.91 Å². The summed E-state index contributed by atoms with van der Waals surface area (Å²) < 4.78 is 0. The van der Waals surface area contributed by atoms with Crippen LogP contribution in [0.2, 0.25) is 0 Å². The first-order valence-corrected chi connectivity index (χ1v) is 7.99. The number of benzene rings is 1. The molecule has 1 amide bonds. The molecule has 2 unspecified atom stereocenters. The number of amides is 1. The van der Waals surface area contributed by atoms with Crippen molar-refractivity contribution < 1.29 is 9.90 Å². The molecule has 0 saturated carbocycles. The van der Waals surface area contributed by atoms with Gasteiger partial charge in [-0.2, -0.15) is 5.26 Å². The summed E-state index contributed by atoms with van der Waals surface area (Å²) in [6.45, 7) is 5.29. The highest BCUT2D eigenvalue weighted by atomic mass is 16.3. The summed E-state index contributed by atoms with van der Waals surface area (Å²) in [5.41, 5.74) is 7.00. The minimum absolute atomic E-state index is 0.158. The smallest absolute Gasteiger partial charge is 0.239 e. The van der Waals surface area contributed by atoms with Gasteiger partial charge < -0.3 is 10.8 Å². The van der Waals surface area contributed by atoms with E-state index in [-0.39, 0.29) is 18.6 Å². The molecule has 2 atom stereocenters. The highest BCUT2D eigenvalue weighted by Crippen LogP contribution is 2.23. The predicted molar refractivity (Wildman–Crippen MR) is 87.4 cm³/mol. The molecule has 0 radical (unpaired) electrons. The van der Waals surface area contributed by atoms with Gasteiger partial charge in [0.15, 0.2) is 0 Å². The van der Waals surface area contributed by atoms with Gasteiger partial charge in [0.1, 0.15) is 6.04 Å². The van der Waals surface area contributed by atoms with Gasteiger partial charge in [0.05, 0.1) is 18.2 Å². The average molecular weight is 316 g/mol. The van der Waals surface area contributed by atoms with E-state index in [0.717, 1.165) is 38.2 Å². The summed E-state index contributed by atoms with van der Waals surface area (Å²) in [7, 11) is 0. The van der Waals surface area contributed by atoms with Crippen LogP contribution in [0.4, 0.5) is 0 Å². The number of hydrogen-bond acceptors (Lipinski definition) is 5. The molecule has 0 bridgehead atoms. The molecule has 1 saturated heterocycles. The highest BCUT2D eigenvalue weighted by molar-refractivity contribution is 5.81. The Morgan fingerprint density at radius 3 is 2.26 bits per heavy atom. The normalized spacial score (nSPS) is 19.0. The van der Waals surface area contributed by atoms with Gasteiger partial charge in [-0.05, 0) is 24.1 Å². The standard InChI is InChI=1S/C17H24N4O2/c1-2-15(12-22)20-7-9-21(10-8-20)16(17(19)23)14-5-3-13(11-18)4-6-14/h3-6,15-16,22H,2,7-10,12H2,1H3,(H2,19,23). The first kappa shape index (κ1) is 17.4. The van der Waals surface area contributed by atoms with E-state index < -0.39 is 6.04 Å². The zero-order valence-corrected chi connectivity index (χ0v) is 13.5. The molecular formula is C17H24N4O2. The molecule has 1 aliphatic rings. The largest absolute Gasteiger partial charge is 0.395 e. The molecule has 1 aliphatic heterocycles. The third kappa shape index (κ3) is 4.08. The molecule has 0 spiro atoms. The third-order valence-corrected chi connectivity index (χ3v) is 4.54. The lowest BCUT2D eigenvalue weighted by molar-refractivity contribution is -0.124. The Hall–Kier alpha value is -1.94. The second-order valence-corrected chi connectivity index (χ2v) is 5.86. The van der Waals surface area contributed by atoms with Crippen molar-refractivity contribution in [1.82, 2.24) is 9.80 Å². The molecule has 6 nitrogen and oxygen atoms in total. The Bertz CT molecular complexity index is 555. The van der Waals surface area contributed by atoms with Gasteiger partial charge in [-0.3, -0.25) is 14.6 Å². The predicted octanol–water partition coefficient (Wildman–Crippen LogP) is 0.473. The number of hydrogen-bond donors (Lipinski definition) is 2. The van der Waals surface area contributed by atoms with Crippen molar-refractivity contribution in [3.63, 3.8) is 0 Å². The fourth-order valence-electron chi connectivity index (χ4n) is 3.16. The molecular weight excluding hydrogens is 292 g/mol. The lowest BCUT2D eigenvalue weighted by Gasteiger charge is -2.41. The van der Waals surface area contributed by atoms with Gasteiger partial charge >= 0.3 is 0 Å². The van der Waals surface area contributed by atoms with Crippen molar-refractivity contribution in [3.8, 4) is 6.07 Å². The van der Waals surface area contributed by atoms with E-state index >= 15 is 0 Å². The van der Waals surface area contributed by atoms with Crippen LogP contribution in [0.3, 0.4) is 0 Å². The minimum Gasteiger partial charge on any atom is -0.395 e. The van der Waals surface area contributed by atoms with Crippen LogP contribution >= 0.6 is 0 Å². The van der Waals surface area contributed by atoms with Crippen LogP contribution < -0.4 is 5.73 Å². The summed E-state index contributed by atoms with van der Waals surface area (Å²) >= 11 is 0. The lowest BCUT2D eigenvalue weighted by atomic mass is 10.0. The van der Waals surface area contributed by atoms with E-state index in [1.54, 1.807) is 24.3 Å². The molecule has 1 aromatic carbocycles. The third-order valence-electron chi connectivity index (χ3n) is 4.54. The van der Waals surface area contributed by atoms with Crippen LogP contribution in [0.1, 0.15) is 30.5 Å². The van der Waals surface area contributed by atoms with Crippen molar-refractivity contribution in [3.05, 3.63) is 35.4 Å². The van der Waals surface area contributed by atoms with Gasteiger partial charge in [0, 0.05) is 32.2 Å². The molecule has 23 heavy (non-hydrogen) atoms. The number of nitriles is 1. The van der Waals surface area contributed by atoms with Crippen LogP contribution in [0.15, 0.2) is 24.3 Å². The molecule has 6 heteroatoms. The monoisotopic (exact) mass is 316 g/mol. The van der Waals surface area contributed by atoms with Crippen molar-refractivity contribution in [1.29, 1.82) is 5.26 Å². The number of carbonyl (C=O) groups is 1. The summed E-state index contributed by atoms with van der Waals surface area (Å²) in [5.74, 6) is -0.377. The first-order valence-electron chi connectivity index (χ1n) is 7.99. The molecule has 0 aliphatic carbocycles. The molecule has 2 rings (SSSR count). The van der Waals surface area contributed by atoms with E-state index in [1.807, 2.05) is 0 Å². The molecule has 1 heterocycles. The summed E-state index contributed by atoms with van der Waals surface area (Å²) in [6.07, 6.45) is 0.908. The van der Waals surface area contributed by atoms with Crippen molar-refractivity contribution >= 4 is 5.91 Å². The van der Waals surface area contributed by atoms with Gasteiger partial charge in [-0.25, -0.2) is 0 Å². The van der Waals surface area contributed by atoms with Crippen molar-refractivity contribution in [2.24, 2.45) is 5.73 Å². The number of nitrogens with two attached hydrogens (primary N) is 1. The van der Waals surface area contributed by atoms with E-state index in [9.17, 15) is 9.90 Å². The van der Waals surface area contributed by atoms with E-state index in [4.69, 9.17) is 11.0 Å². The average Bonchev–Trinajstić information content (AvgIpc) is 2.58. The van der Waals surface area contributed by atoms with Crippen molar-refractivity contribution in [2.45, 2.75) is 25.4 Å². The topological polar surface area (TPSA) is 93.6 Å². The Morgan fingerprint density at radius 1 is 1.26 bits per heavy atom. The maximum Gasteiger partial charge on any atom is 0.239 e. The van der Waals surface area contributed by atoms with E-state index in [2.05, 4.69) is 22.8 Å². The van der Waals surface area contributed by atoms with E-state index in [0.29, 0.717) is 5.56 Å². The Kier molecular flexibility index (Phi) is 6.11. The SMILES string of the molecule is CCC(CO)N1CCN(C(C(N)=O)c2ccc(C#N)cc2)CC1. The number of piperazine rings is 1. The number of rotatable bonds is 6. The van der Waals surface area contributed by atoms with Gasteiger partial charge in [-0.1, -0.05) is 19.1 Å². The lowest BCUT2D eigenvalue weighted by Crippen LogP contribution is -2.53. The summed E-state index contributed by atoms with van der Waals surface area (Å²) in [5, 5.41) is 18.3. The van der Waals surface area contributed by atoms with Crippen LogP contribution in [-0.2, 0) is 4.79 Å². The molecule has 1 aromatic rings. The molecule has 0 aromatic heterocycles. The summed E-state index contributed by atoms with van der Waals surface area (Å²) in [6, 6.07) is 8.79. The van der Waals surface area contributed by atoms with E-state index in [1.165, 1.54) is 0 Å². The zero-order valence-electron chi connectivity index (χ0n) is 13.5.